The first-order valence-electron chi connectivity index (χ1n) is 9.35. The van der Waals surface area contributed by atoms with E-state index in [1.165, 1.54) is 30.3 Å². The molecule has 0 saturated carbocycles. The van der Waals surface area contributed by atoms with Crippen LogP contribution in [-0.2, 0) is 4.79 Å². The number of likely N-dealkylation sites (N-methyl/N-ethyl adjacent to an activating group) is 1. The predicted octanol–water partition coefficient (Wildman–Crippen LogP) is 5.09. The molecule has 2 aromatic rings. The number of anilines is 2. The Morgan fingerprint density at radius 2 is 1.83 bits per heavy atom. The van der Waals surface area contributed by atoms with Crippen LogP contribution in [-0.4, -0.2) is 18.5 Å². The molecular weight excluding hydrogens is 376 g/mol. The van der Waals surface area contributed by atoms with Gasteiger partial charge in [-0.15, -0.1) is 0 Å². The van der Waals surface area contributed by atoms with Crippen LogP contribution in [0.15, 0.2) is 42.5 Å². The van der Waals surface area contributed by atoms with E-state index in [1.807, 2.05) is 20.8 Å². The third-order valence-electron chi connectivity index (χ3n) is 4.02. The molecule has 0 aliphatic carbocycles. The second-order valence-corrected chi connectivity index (χ2v) is 6.92. The van der Waals surface area contributed by atoms with E-state index in [0.717, 1.165) is 6.07 Å². The average molecular weight is 401 g/mol. The van der Waals surface area contributed by atoms with E-state index in [0.29, 0.717) is 23.2 Å². The van der Waals surface area contributed by atoms with Gasteiger partial charge in [0.15, 0.2) is 0 Å². The van der Waals surface area contributed by atoms with Gasteiger partial charge in [-0.05, 0) is 61.2 Å². The molecule has 2 aromatic carbocycles. The van der Waals surface area contributed by atoms with Crippen molar-refractivity contribution >= 4 is 28.9 Å². The number of benzene rings is 2. The van der Waals surface area contributed by atoms with E-state index >= 15 is 0 Å². The van der Waals surface area contributed by atoms with E-state index in [2.05, 4.69) is 16.0 Å². The summed E-state index contributed by atoms with van der Waals surface area (Å²) in [6, 6.07) is 7.33. The van der Waals surface area contributed by atoms with Gasteiger partial charge < -0.3 is 16.0 Å². The van der Waals surface area contributed by atoms with Crippen LogP contribution in [0.1, 0.15) is 31.9 Å². The second-order valence-electron chi connectivity index (χ2n) is 6.92. The maximum absolute atomic E-state index is 14.4. The molecule has 154 valence electrons. The van der Waals surface area contributed by atoms with Gasteiger partial charge in [-0.1, -0.05) is 26.0 Å². The first-order chi connectivity index (χ1) is 13.7. The van der Waals surface area contributed by atoms with Gasteiger partial charge in [0.25, 0.3) is 5.91 Å². The number of allylic oxidation sites excluding steroid dienone is 1. The van der Waals surface area contributed by atoms with Gasteiger partial charge in [0.05, 0.1) is 5.69 Å². The highest BCUT2D eigenvalue weighted by Crippen LogP contribution is 2.27. The van der Waals surface area contributed by atoms with Crippen molar-refractivity contribution in [1.82, 2.24) is 5.32 Å². The van der Waals surface area contributed by atoms with Crippen molar-refractivity contribution in [3.05, 3.63) is 65.2 Å². The fraction of sp³-hybridized carbons (Fsp3) is 0.273. The highest BCUT2D eigenvalue weighted by Gasteiger charge is 2.18. The largest absolute Gasteiger partial charge is 0.352 e. The summed E-state index contributed by atoms with van der Waals surface area (Å²) in [7, 11) is 0. The summed E-state index contributed by atoms with van der Waals surface area (Å²) in [6.45, 7) is 7.83. The number of urea groups is 1. The molecule has 3 N–H and O–H groups in total. The van der Waals surface area contributed by atoms with Gasteiger partial charge in [0.1, 0.15) is 11.6 Å². The molecular formula is C22H25F2N3O2. The number of hydrogen-bond acceptors (Lipinski definition) is 2. The summed E-state index contributed by atoms with van der Waals surface area (Å²) >= 11 is 0. The molecule has 0 radical (unpaired) electrons. The molecule has 0 bridgehead atoms. The summed E-state index contributed by atoms with van der Waals surface area (Å²) in [5, 5.41) is 7.62. The summed E-state index contributed by atoms with van der Waals surface area (Å²) in [6.07, 6.45) is 1.79. The first kappa shape index (κ1) is 22.1. The quantitative estimate of drug-likeness (QED) is 0.590. The van der Waals surface area contributed by atoms with Gasteiger partial charge in [-0.25, -0.2) is 13.6 Å². The maximum Gasteiger partial charge on any atom is 0.323 e. The molecule has 0 atom stereocenters. The van der Waals surface area contributed by atoms with Crippen molar-refractivity contribution in [1.29, 1.82) is 0 Å². The third kappa shape index (κ3) is 6.14. The number of nitrogens with one attached hydrogen (secondary N) is 3. The van der Waals surface area contributed by atoms with Crippen LogP contribution in [0.3, 0.4) is 0 Å². The second kappa shape index (κ2) is 9.82. The van der Waals surface area contributed by atoms with Gasteiger partial charge in [-0.2, -0.15) is 0 Å². The molecule has 0 spiro atoms. The Bertz CT molecular complexity index is 940. The van der Waals surface area contributed by atoms with E-state index in [4.69, 9.17) is 0 Å². The van der Waals surface area contributed by atoms with E-state index < -0.39 is 17.7 Å². The Morgan fingerprint density at radius 1 is 1.10 bits per heavy atom. The third-order valence-corrected chi connectivity index (χ3v) is 4.02. The number of rotatable bonds is 6. The molecule has 0 aromatic heterocycles. The average Bonchev–Trinajstić information content (AvgIpc) is 2.62. The van der Waals surface area contributed by atoms with Crippen molar-refractivity contribution in [2.75, 3.05) is 17.2 Å². The lowest BCUT2D eigenvalue weighted by molar-refractivity contribution is -0.115. The monoisotopic (exact) mass is 401 g/mol. The summed E-state index contributed by atoms with van der Waals surface area (Å²) in [4.78, 5) is 24.7. The maximum atomic E-state index is 14.4. The van der Waals surface area contributed by atoms with E-state index in [-0.39, 0.29) is 23.2 Å². The van der Waals surface area contributed by atoms with Crippen molar-refractivity contribution < 1.29 is 18.4 Å². The van der Waals surface area contributed by atoms with Crippen LogP contribution in [0, 0.1) is 24.5 Å². The Labute approximate surface area is 169 Å². The molecule has 5 nitrogen and oxygen atoms in total. The molecule has 0 saturated heterocycles. The van der Waals surface area contributed by atoms with Crippen LogP contribution >= 0.6 is 0 Å². The van der Waals surface area contributed by atoms with Crippen LogP contribution in [0.2, 0.25) is 0 Å². The molecule has 0 fully saturated rings. The van der Waals surface area contributed by atoms with Gasteiger partial charge in [0, 0.05) is 17.8 Å². The molecule has 7 heteroatoms. The number of carbonyl (C=O) groups excluding carboxylic acids is 2. The van der Waals surface area contributed by atoms with Crippen LogP contribution in [0.25, 0.3) is 5.57 Å². The van der Waals surface area contributed by atoms with Crippen LogP contribution in [0.4, 0.5) is 25.0 Å². The molecule has 29 heavy (non-hydrogen) atoms. The summed E-state index contributed by atoms with van der Waals surface area (Å²) in [5.41, 5.74) is 1.65. The van der Waals surface area contributed by atoms with Crippen molar-refractivity contribution in [3.8, 4) is 0 Å². The fourth-order valence-corrected chi connectivity index (χ4v) is 2.79. The SMILES string of the molecule is CCNC(=O)/C(=C\C(C)C)c1cc(NC(=O)Nc2cccc(F)c2)c(F)cc1C. The van der Waals surface area contributed by atoms with Crippen LogP contribution < -0.4 is 16.0 Å². The number of carbonyl (C=O) groups is 2. The zero-order valence-corrected chi connectivity index (χ0v) is 16.9. The number of aryl methyl sites for hydroxylation is 1. The lowest BCUT2D eigenvalue weighted by Gasteiger charge is -2.15. The normalized spacial score (nSPS) is 11.3. The highest BCUT2D eigenvalue weighted by molar-refractivity contribution is 6.20. The Hall–Kier alpha value is -3.22. The highest BCUT2D eigenvalue weighted by atomic mass is 19.1. The predicted molar refractivity (Wildman–Crippen MR) is 112 cm³/mol. The van der Waals surface area contributed by atoms with E-state index in [1.54, 1.807) is 13.0 Å². The number of amides is 3. The molecule has 3 amide bonds. The molecule has 0 unspecified atom stereocenters. The van der Waals surface area contributed by atoms with E-state index in [9.17, 15) is 18.4 Å². The number of hydrogen-bond donors (Lipinski definition) is 3. The summed E-state index contributed by atoms with van der Waals surface area (Å²) in [5.74, 6) is -1.33. The summed E-state index contributed by atoms with van der Waals surface area (Å²) < 4.78 is 27.7. The first-order valence-corrected chi connectivity index (χ1v) is 9.35. The Balaban J connectivity index is 2.34. The lowest BCUT2D eigenvalue weighted by Crippen LogP contribution is -2.25. The molecule has 0 heterocycles. The molecule has 0 aliphatic rings. The zero-order valence-electron chi connectivity index (χ0n) is 16.9. The smallest absolute Gasteiger partial charge is 0.323 e. The minimum Gasteiger partial charge on any atom is -0.352 e. The van der Waals surface area contributed by atoms with Gasteiger partial charge >= 0.3 is 6.03 Å². The lowest BCUT2D eigenvalue weighted by atomic mass is 9.96. The minimum atomic E-state index is -0.725. The zero-order chi connectivity index (χ0) is 21.6. The van der Waals surface area contributed by atoms with Crippen molar-refractivity contribution in [3.63, 3.8) is 0 Å². The van der Waals surface area contributed by atoms with Crippen molar-refractivity contribution in [2.45, 2.75) is 27.7 Å². The Kier molecular flexibility index (Phi) is 7.47. The van der Waals surface area contributed by atoms with Gasteiger partial charge in [0.2, 0.25) is 0 Å². The molecule has 2 rings (SSSR count). The molecule has 0 aliphatic heterocycles. The standard InChI is InChI=1S/C22H25F2N3O2/c1-5-25-21(28)18(9-13(2)3)17-12-20(19(24)10-14(17)4)27-22(29)26-16-8-6-7-15(23)11-16/h6-13H,5H2,1-4H3,(H,25,28)(H2,26,27,29)/b18-9-. The Morgan fingerprint density at radius 3 is 2.45 bits per heavy atom. The van der Waals surface area contributed by atoms with Crippen molar-refractivity contribution in [2.24, 2.45) is 5.92 Å². The number of halogens is 2. The topological polar surface area (TPSA) is 70.2 Å². The van der Waals surface area contributed by atoms with Gasteiger partial charge in [-0.3, -0.25) is 4.79 Å². The minimum absolute atomic E-state index is 0.0848. The van der Waals surface area contributed by atoms with Crippen LogP contribution in [0.5, 0.6) is 0 Å². The fourth-order valence-electron chi connectivity index (χ4n) is 2.79.